The van der Waals surface area contributed by atoms with E-state index in [2.05, 4.69) is 31.4 Å². The van der Waals surface area contributed by atoms with Crippen LogP contribution in [0, 0.1) is 6.92 Å². The first-order valence-corrected chi connectivity index (χ1v) is 10.1. The van der Waals surface area contributed by atoms with Gasteiger partial charge < -0.3 is 14.7 Å². The second kappa shape index (κ2) is 8.14. The van der Waals surface area contributed by atoms with Crippen molar-refractivity contribution >= 4 is 27.6 Å². The van der Waals surface area contributed by atoms with Gasteiger partial charge in [0.1, 0.15) is 0 Å². The van der Waals surface area contributed by atoms with Gasteiger partial charge in [-0.2, -0.15) is 4.98 Å². The molecule has 1 fully saturated rings. The molecular weight excluding hydrogens is 420 g/mol. The van der Waals surface area contributed by atoms with Gasteiger partial charge in [-0.15, -0.1) is 0 Å². The van der Waals surface area contributed by atoms with Crippen molar-refractivity contribution in [3.8, 4) is 11.4 Å². The summed E-state index contributed by atoms with van der Waals surface area (Å²) in [7, 11) is 0. The Morgan fingerprint density at radius 1 is 1.18 bits per heavy atom. The number of carbonyl (C=O) groups excluding carboxylic acids is 1. The molecule has 0 radical (unpaired) electrons. The zero-order valence-electron chi connectivity index (χ0n) is 15.6. The van der Waals surface area contributed by atoms with Crippen LogP contribution in [-0.2, 0) is 0 Å². The predicted octanol–water partition coefficient (Wildman–Crippen LogP) is 5.22. The first-order valence-electron chi connectivity index (χ1n) is 9.30. The third kappa shape index (κ3) is 4.25. The molecule has 0 saturated carbocycles. The number of amides is 2. The fourth-order valence-corrected chi connectivity index (χ4v) is 3.58. The predicted molar refractivity (Wildman–Crippen MR) is 111 cm³/mol. The van der Waals surface area contributed by atoms with Crippen molar-refractivity contribution in [1.82, 2.24) is 15.0 Å². The van der Waals surface area contributed by atoms with Gasteiger partial charge in [0, 0.05) is 28.8 Å². The van der Waals surface area contributed by atoms with Gasteiger partial charge in [-0.3, -0.25) is 0 Å². The maximum atomic E-state index is 12.6. The van der Waals surface area contributed by atoms with E-state index in [9.17, 15) is 4.79 Å². The van der Waals surface area contributed by atoms with Crippen LogP contribution in [0.15, 0.2) is 57.5 Å². The van der Waals surface area contributed by atoms with Crippen LogP contribution in [0.25, 0.3) is 11.4 Å². The number of benzene rings is 2. The van der Waals surface area contributed by atoms with Gasteiger partial charge in [-0.05, 0) is 56.2 Å². The lowest BCUT2D eigenvalue weighted by molar-refractivity contribution is 0.184. The van der Waals surface area contributed by atoms with E-state index in [0.29, 0.717) is 18.3 Å². The van der Waals surface area contributed by atoms with Crippen LogP contribution in [0.1, 0.15) is 30.2 Å². The summed E-state index contributed by atoms with van der Waals surface area (Å²) in [5.41, 5.74) is 2.87. The van der Waals surface area contributed by atoms with E-state index in [1.54, 1.807) is 0 Å². The molecule has 1 unspecified atom stereocenters. The highest BCUT2D eigenvalue weighted by molar-refractivity contribution is 9.10. The van der Waals surface area contributed by atoms with Gasteiger partial charge in [-0.1, -0.05) is 38.8 Å². The quantitative estimate of drug-likeness (QED) is 0.605. The number of halogens is 1. The summed E-state index contributed by atoms with van der Waals surface area (Å²) in [6.45, 7) is 3.31. The molecule has 0 bridgehead atoms. The Labute approximate surface area is 172 Å². The zero-order valence-corrected chi connectivity index (χ0v) is 17.1. The number of nitrogens with zero attached hydrogens (tertiary/aromatic N) is 3. The normalized spacial score (nSPS) is 16.8. The van der Waals surface area contributed by atoms with Gasteiger partial charge in [0.25, 0.3) is 0 Å². The number of anilines is 1. The van der Waals surface area contributed by atoms with Crippen molar-refractivity contribution < 1.29 is 9.32 Å². The van der Waals surface area contributed by atoms with E-state index in [0.717, 1.165) is 40.7 Å². The summed E-state index contributed by atoms with van der Waals surface area (Å²) in [5, 5.41) is 7.08. The lowest BCUT2D eigenvalue weighted by Gasteiger charge is -2.31. The van der Waals surface area contributed by atoms with Crippen LogP contribution < -0.4 is 5.32 Å². The Morgan fingerprint density at radius 3 is 2.68 bits per heavy atom. The van der Waals surface area contributed by atoms with E-state index in [-0.39, 0.29) is 11.9 Å². The molecule has 0 spiro atoms. The molecule has 4 rings (SSSR count). The number of rotatable bonds is 3. The second-order valence-corrected chi connectivity index (χ2v) is 7.96. The minimum atomic E-state index is -0.0961. The third-order valence-corrected chi connectivity index (χ3v) is 5.43. The number of piperidine rings is 1. The number of nitrogens with one attached hydrogen (secondary N) is 1. The van der Waals surface area contributed by atoms with E-state index in [1.165, 1.54) is 0 Å². The lowest BCUT2D eigenvalue weighted by atomic mass is 9.98. The standard InChI is InChI=1S/C21H21BrN4O2/c1-14-4-10-18(11-5-14)23-21(27)26-12-2-3-16(13-26)20-24-19(25-28-20)15-6-8-17(22)9-7-15/h4-11,16H,2-3,12-13H2,1H3,(H,23,27). The molecule has 2 amide bonds. The summed E-state index contributed by atoms with van der Waals surface area (Å²) < 4.78 is 6.52. The fraction of sp³-hybridized carbons (Fsp3) is 0.286. The van der Waals surface area contributed by atoms with Crippen molar-refractivity contribution in [3.05, 3.63) is 64.5 Å². The van der Waals surface area contributed by atoms with Crippen molar-refractivity contribution in [2.75, 3.05) is 18.4 Å². The van der Waals surface area contributed by atoms with E-state index in [1.807, 2.05) is 60.4 Å². The molecule has 1 aliphatic rings. The smallest absolute Gasteiger partial charge is 0.321 e. The summed E-state index contributed by atoms with van der Waals surface area (Å²) >= 11 is 3.43. The van der Waals surface area contributed by atoms with Crippen LogP contribution in [-0.4, -0.2) is 34.2 Å². The van der Waals surface area contributed by atoms with Crippen molar-refractivity contribution in [2.24, 2.45) is 0 Å². The molecule has 144 valence electrons. The van der Waals surface area contributed by atoms with Crippen molar-refractivity contribution in [2.45, 2.75) is 25.7 Å². The van der Waals surface area contributed by atoms with Crippen LogP contribution in [0.4, 0.5) is 10.5 Å². The first kappa shape index (κ1) is 18.7. The molecule has 0 aliphatic carbocycles. The largest absolute Gasteiger partial charge is 0.339 e. The van der Waals surface area contributed by atoms with Gasteiger partial charge in [0.15, 0.2) is 0 Å². The molecule has 1 atom stereocenters. The molecule has 1 saturated heterocycles. The van der Waals surface area contributed by atoms with Crippen molar-refractivity contribution in [1.29, 1.82) is 0 Å². The maximum Gasteiger partial charge on any atom is 0.321 e. The SMILES string of the molecule is Cc1ccc(NC(=O)N2CCCC(c3nc(-c4ccc(Br)cc4)no3)C2)cc1. The van der Waals surface area contributed by atoms with Crippen LogP contribution in [0.2, 0.25) is 0 Å². The van der Waals surface area contributed by atoms with Gasteiger partial charge in [-0.25, -0.2) is 4.79 Å². The number of carbonyl (C=O) groups is 1. The number of aryl methyl sites for hydroxylation is 1. The molecule has 6 nitrogen and oxygen atoms in total. The Morgan fingerprint density at radius 2 is 1.93 bits per heavy atom. The summed E-state index contributed by atoms with van der Waals surface area (Å²) in [5.74, 6) is 1.21. The van der Waals surface area contributed by atoms with E-state index < -0.39 is 0 Å². The molecule has 2 aromatic carbocycles. The topological polar surface area (TPSA) is 71.3 Å². The molecule has 7 heteroatoms. The molecule has 1 N–H and O–H groups in total. The van der Waals surface area contributed by atoms with Crippen LogP contribution in [0.3, 0.4) is 0 Å². The monoisotopic (exact) mass is 440 g/mol. The highest BCUT2D eigenvalue weighted by atomic mass is 79.9. The Balaban J connectivity index is 1.43. The minimum Gasteiger partial charge on any atom is -0.339 e. The number of likely N-dealkylation sites (tertiary alicyclic amines) is 1. The molecular formula is C21H21BrN4O2. The maximum absolute atomic E-state index is 12.6. The first-order chi connectivity index (χ1) is 13.6. The number of hydrogen-bond donors (Lipinski definition) is 1. The van der Waals surface area contributed by atoms with Crippen LogP contribution in [0.5, 0.6) is 0 Å². The van der Waals surface area contributed by atoms with Gasteiger partial charge >= 0.3 is 6.03 Å². The average molecular weight is 441 g/mol. The highest BCUT2D eigenvalue weighted by Gasteiger charge is 2.28. The summed E-state index contributed by atoms with van der Waals surface area (Å²) in [6.07, 6.45) is 1.83. The molecule has 2 heterocycles. The average Bonchev–Trinajstić information content (AvgIpc) is 3.21. The minimum absolute atomic E-state index is 0.0502. The van der Waals surface area contributed by atoms with Gasteiger partial charge in [0.05, 0.1) is 5.92 Å². The molecule has 3 aromatic rings. The van der Waals surface area contributed by atoms with Gasteiger partial charge in [0.2, 0.25) is 11.7 Å². The third-order valence-electron chi connectivity index (χ3n) is 4.90. The molecule has 28 heavy (non-hydrogen) atoms. The van der Waals surface area contributed by atoms with E-state index in [4.69, 9.17) is 4.52 Å². The van der Waals surface area contributed by atoms with Crippen LogP contribution >= 0.6 is 15.9 Å². The summed E-state index contributed by atoms with van der Waals surface area (Å²) in [4.78, 5) is 19.0. The fourth-order valence-electron chi connectivity index (χ4n) is 3.32. The summed E-state index contributed by atoms with van der Waals surface area (Å²) in [6, 6.07) is 15.5. The zero-order chi connectivity index (χ0) is 19.5. The Kier molecular flexibility index (Phi) is 5.43. The van der Waals surface area contributed by atoms with E-state index >= 15 is 0 Å². The lowest BCUT2D eigenvalue weighted by Crippen LogP contribution is -2.41. The molecule has 1 aliphatic heterocycles. The van der Waals surface area contributed by atoms with Crippen molar-refractivity contribution in [3.63, 3.8) is 0 Å². The number of hydrogen-bond acceptors (Lipinski definition) is 4. The highest BCUT2D eigenvalue weighted by Crippen LogP contribution is 2.28. The molecule has 1 aromatic heterocycles. The Hall–Kier alpha value is -2.67. The Bertz CT molecular complexity index is 953. The number of aromatic nitrogens is 2. The second-order valence-electron chi connectivity index (χ2n) is 7.04. The number of urea groups is 1.